The van der Waals surface area contributed by atoms with Crippen molar-refractivity contribution < 1.29 is 19.4 Å². The second-order valence-corrected chi connectivity index (χ2v) is 5.85. The number of hydrogen-bond acceptors (Lipinski definition) is 6. The van der Waals surface area contributed by atoms with Crippen molar-refractivity contribution in [1.29, 1.82) is 0 Å². The van der Waals surface area contributed by atoms with Crippen molar-refractivity contribution in [3.63, 3.8) is 0 Å². The summed E-state index contributed by atoms with van der Waals surface area (Å²) in [6, 6.07) is 0. The lowest BCUT2D eigenvalue weighted by molar-refractivity contribution is 0.00693. The van der Waals surface area contributed by atoms with Crippen molar-refractivity contribution in [3.8, 4) is 5.82 Å². The molecule has 106 valence electrons. The molecule has 0 aliphatic heterocycles. The summed E-state index contributed by atoms with van der Waals surface area (Å²) in [5.41, 5.74) is -0.305. The summed E-state index contributed by atoms with van der Waals surface area (Å²) in [4.78, 5) is 26.5. The van der Waals surface area contributed by atoms with Gasteiger partial charge in [0, 0.05) is 11.6 Å². The van der Waals surface area contributed by atoms with E-state index in [2.05, 4.69) is 10.1 Å². The van der Waals surface area contributed by atoms with Gasteiger partial charge in [0.05, 0.1) is 11.8 Å². The van der Waals surface area contributed by atoms with Gasteiger partial charge in [-0.15, -0.1) is 11.3 Å². The van der Waals surface area contributed by atoms with Gasteiger partial charge in [-0.05, 0) is 20.8 Å². The summed E-state index contributed by atoms with van der Waals surface area (Å²) in [5.74, 6) is -1.24. The van der Waals surface area contributed by atoms with Crippen LogP contribution >= 0.6 is 11.3 Å². The third-order valence-electron chi connectivity index (χ3n) is 2.13. The fourth-order valence-electron chi connectivity index (χ4n) is 1.36. The van der Waals surface area contributed by atoms with Gasteiger partial charge in [0.15, 0.2) is 5.82 Å². The van der Waals surface area contributed by atoms with E-state index in [0.29, 0.717) is 5.82 Å². The Morgan fingerprint density at radius 3 is 2.65 bits per heavy atom. The largest absolute Gasteiger partial charge is 0.476 e. The zero-order valence-corrected chi connectivity index (χ0v) is 12.0. The maximum Gasteiger partial charge on any atom is 0.365 e. The van der Waals surface area contributed by atoms with Crippen molar-refractivity contribution in [2.75, 3.05) is 0 Å². The molecule has 0 radical (unpaired) electrons. The first-order chi connectivity index (χ1) is 9.26. The molecule has 1 N–H and O–H groups in total. The molecule has 0 fully saturated rings. The fraction of sp³-hybridized carbons (Fsp3) is 0.333. The topological polar surface area (TPSA) is 94.3 Å². The number of esters is 1. The van der Waals surface area contributed by atoms with Gasteiger partial charge in [0.2, 0.25) is 5.01 Å². The monoisotopic (exact) mass is 295 g/mol. The van der Waals surface area contributed by atoms with E-state index < -0.39 is 17.5 Å². The van der Waals surface area contributed by atoms with Crippen LogP contribution in [0.25, 0.3) is 5.82 Å². The van der Waals surface area contributed by atoms with Gasteiger partial charge >= 0.3 is 11.9 Å². The van der Waals surface area contributed by atoms with E-state index in [1.807, 2.05) is 0 Å². The van der Waals surface area contributed by atoms with E-state index in [-0.39, 0.29) is 10.6 Å². The summed E-state index contributed by atoms with van der Waals surface area (Å²) in [6.45, 7) is 5.32. The van der Waals surface area contributed by atoms with Gasteiger partial charge in [0.1, 0.15) is 5.60 Å². The first kappa shape index (κ1) is 14.2. The van der Waals surface area contributed by atoms with Crippen LogP contribution < -0.4 is 0 Å². The molecular weight excluding hydrogens is 282 g/mol. The van der Waals surface area contributed by atoms with Gasteiger partial charge < -0.3 is 9.84 Å². The molecule has 0 aliphatic rings. The quantitative estimate of drug-likeness (QED) is 0.870. The first-order valence-corrected chi connectivity index (χ1v) is 6.61. The van der Waals surface area contributed by atoms with Crippen LogP contribution in [-0.4, -0.2) is 37.4 Å². The number of ether oxygens (including phenoxy) is 1. The Hall–Kier alpha value is -2.22. The smallest absolute Gasteiger partial charge is 0.365 e. The molecule has 2 heterocycles. The highest BCUT2D eigenvalue weighted by atomic mass is 32.1. The van der Waals surface area contributed by atoms with E-state index in [9.17, 15) is 9.59 Å². The van der Waals surface area contributed by atoms with Gasteiger partial charge in [-0.2, -0.15) is 5.10 Å². The van der Waals surface area contributed by atoms with E-state index in [1.165, 1.54) is 17.1 Å². The Bertz CT molecular complexity index is 654. The molecule has 0 aromatic carbocycles. The number of thiazole rings is 1. The molecule has 0 bridgehead atoms. The summed E-state index contributed by atoms with van der Waals surface area (Å²) in [5, 5.41) is 14.3. The zero-order valence-electron chi connectivity index (χ0n) is 11.2. The number of carbonyl (C=O) groups excluding carboxylic acids is 1. The molecule has 0 unspecified atom stereocenters. The summed E-state index contributed by atoms with van der Waals surface area (Å²) in [7, 11) is 0. The SMILES string of the molecule is CC(C)(C)OC(=O)c1cnn(-c2csc(C(=O)O)n2)c1. The van der Waals surface area contributed by atoms with Crippen LogP contribution in [0, 0.1) is 0 Å². The van der Waals surface area contributed by atoms with E-state index in [1.54, 1.807) is 26.2 Å². The number of carboxylic acids is 1. The highest BCUT2D eigenvalue weighted by Gasteiger charge is 2.20. The van der Waals surface area contributed by atoms with Gasteiger partial charge in [-0.3, -0.25) is 0 Å². The Morgan fingerprint density at radius 2 is 2.10 bits per heavy atom. The van der Waals surface area contributed by atoms with E-state index in [0.717, 1.165) is 11.3 Å². The molecule has 20 heavy (non-hydrogen) atoms. The van der Waals surface area contributed by atoms with Gasteiger partial charge in [0.25, 0.3) is 0 Å². The second-order valence-electron chi connectivity index (χ2n) is 4.99. The molecule has 0 amide bonds. The lowest BCUT2D eigenvalue weighted by atomic mass is 10.2. The van der Waals surface area contributed by atoms with Gasteiger partial charge in [-0.1, -0.05) is 0 Å². The molecule has 0 saturated heterocycles. The van der Waals surface area contributed by atoms with Crippen LogP contribution in [0.3, 0.4) is 0 Å². The molecule has 2 aromatic rings. The minimum absolute atomic E-state index is 0.0330. The Morgan fingerprint density at radius 1 is 1.40 bits per heavy atom. The highest BCUT2D eigenvalue weighted by molar-refractivity contribution is 7.11. The maximum atomic E-state index is 11.8. The van der Waals surface area contributed by atoms with Crippen LogP contribution in [0.2, 0.25) is 0 Å². The number of hydrogen-bond donors (Lipinski definition) is 1. The molecule has 2 rings (SSSR count). The minimum Gasteiger partial charge on any atom is -0.476 e. The number of carboxylic acid groups (broad SMARTS) is 1. The third-order valence-corrected chi connectivity index (χ3v) is 2.94. The number of nitrogens with zero attached hydrogens (tertiary/aromatic N) is 3. The van der Waals surface area contributed by atoms with Crippen molar-refractivity contribution in [3.05, 3.63) is 28.3 Å². The molecule has 7 nitrogen and oxygen atoms in total. The first-order valence-electron chi connectivity index (χ1n) is 5.73. The molecular formula is C12H13N3O4S. The zero-order chi connectivity index (χ0) is 14.9. The number of aromatic nitrogens is 3. The molecule has 2 aromatic heterocycles. The summed E-state index contributed by atoms with van der Waals surface area (Å²) in [6.07, 6.45) is 2.81. The maximum absolute atomic E-state index is 11.8. The van der Waals surface area contributed by atoms with Crippen LogP contribution in [0.1, 0.15) is 40.9 Å². The number of carbonyl (C=O) groups is 2. The molecule has 0 atom stereocenters. The van der Waals surface area contributed by atoms with E-state index in [4.69, 9.17) is 9.84 Å². The molecule has 8 heteroatoms. The van der Waals surface area contributed by atoms with Crippen molar-refractivity contribution in [2.45, 2.75) is 26.4 Å². The van der Waals surface area contributed by atoms with Gasteiger partial charge in [-0.25, -0.2) is 19.3 Å². The lowest BCUT2D eigenvalue weighted by Crippen LogP contribution is -2.23. The lowest BCUT2D eigenvalue weighted by Gasteiger charge is -2.18. The molecule has 0 spiro atoms. The summed E-state index contributed by atoms with van der Waals surface area (Å²) < 4.78 is 6.55. The normalized spacial score (nSPS) is 11.3. The number of aromatic carboxylic acids is 1. The standard InChI is InChI=1S/C12H13N3O4S/c1-12(2,3)19-11(18)7-4-13-15(5-7)8-6-20-9(14-8)10(16)17/h4-6H,1-3H3,(H,16,17). The second kappa shape index (κ2) is 5.04. The Balaban J connectivity index is 2.20. The van der Waals surface area contributed by atoms with Crippen LogP contribution in [0.4, 0.5) is 0 Å². The summed E-state index contributed by atoms with van der Waals surface area (Å²) >= 11 is 0.992. The van der Waals surface area contributed by atoms with Crippen LogP contribution in [-0.2, 0) is 4.74 Å². The fourth-order valence-corrected chi connectivity index (χ4v) is 1.98. The Labute approximate surface area is 118 Å². The third kappa shape index (κ3) is 3.21. The van der Waals surface area contributed by atoms with Crippen molar-refractivity contribution in [1.82, 2.24) is 14.8 Å². The molecule has 0 saturated carbocycles. The van der Waals surface area contributed by atoms with E-state index >= 15 is 0 Å². The molecule has 0 aliphatic carbocycles. The van der Waals surface area contributed by atoms with Crippen LogP contribution in [0.5, 0.6) is 0 Å². The average Bonchev–Trinajstić information content (AvgIpc) is 2.95. The number of rotatable bonds is 3. The minimum atomic E-state index is -1.10. The van der Waals surface area contributed by atoms with Crippen molar-refractivity contribution >= 4 is 23.3 Å². The highest BCUT2D eigenvalue weighted by Crippen LogP contribution is 2.16. The Kier molecular flexibility index (Phi) is 3.58. The van der Waals surface area contributed by atoms with Crippen molar-refractivity contribution in [2.24, 2.45) is 0 Å². The van der Waals surface area contributed by atoms with Crippen LogP contribution in [0.15, 0.2) is 17.8 Å². The predicted molar refractivity (Wildman–Crippen MR) is 71.4 cm³/mol. The predicted octanol–water partition coefficient (Wildman–Crippen LogP) is 1.98. The average molecular weight is 295 g/mol.